The molecular weight excluding hydrogens is 318 g/mol. The van der Waals surface area contributed by atoms with Crippen molar-refractivity contribution in [2.75, 3.05) is 24.6 Å². The minimum absolute atomic E-state index is 0.0210. The number of unbranched alkanes of at least 4 members (excludes halogenated alkanes) is 1. The molecule has 2 unspecified atom stereocenters. The SMILES string of the molecule is CCCCC(CN)NC(=O)C1CC(=O)N(c2ccccc2OCC)C1. The molecule has 3 N–H and O–H groups in total. The summed E-state index contributed by atoms with van der Waals surface area (Å²) in [5, 5.41) is 3.00. The van der Waals surface area contributed by atoms with Gasteiger partial charge in [0.15, 0.2) is 0 Å². The number of anilines is 1. The molecule has 25 heavy (non-hydrogen) atoms. The van der Waals surface area contributed by atoms with Crippen molar-refractivity contribution in [1.29, 1.82) is 0 Å². The molecule has 2 amide bonds. The quantitative estimate of drug-likeness (QED) is 0.716. The normalized spacial score (nSPS) is 18.3. The van der Waals surface area contributed by atoms with Crippen molar-refractivity contribution in [3.8, 4) is 5.75 Å². The van der Waals surface area contributed by atoms with Gasteiger partial charge in [-0.15, -0.1) is 0 Å². The van der Waals surface area contributed by atoms with Gasteiger partial charge >= 0.3 is 0 Å². The Morgan fingerprint density at radius 3 is 2.84 bits per heavy atom. The minimum atomic E-state index is -0.349. The van der Waals surface area contributed by atoms with Crippen LogP contribution in [0.15, 0.2) is 24.3 Å². The van der Waals surface area contributed by atoms with Crippen LogP contribution < -0.4 is 20.7 Å². The molecule has 2 rings (SSSR count). The van der Waals surface area contributed by atoms with Gasteiger partial charge in [0, 0.05) is 25.6 Å². The van der Waals surface area contributed by atoms with Gasteiger partial charge in [0.1, 0.15) is 5.75 Å². The summed E-state index contributed by atoms with van der Waals surface area (Å²) < 4.78 is 5.61. The Hall–Kier alpha value is -2.08. The molecule has 1 aromatic carbocycles. The Kier molecular flexibility index (Phi) is 7.25. The molecule has 6 heteroatoms. The van der Waals surface area contributed by atoms with Crippen LogP contribution in [0.1, 0.15) is 39.5 Å². The van der Waals surface area contributed by atoms with Gasteiger partial charge in [-0.2, -0.15) is 0 Å². The van der Waals surface area contributed by atoms with Gasteiger partial charge in [-0.25, -0.2) is 0 Å². The fraction of sp³-hybridized carbons (Fsp3) is 0.579. The van der Waals surface area contributed by atoms with Gasteiger partial charge in [-0.1, -0.05) is 31.9 Å². The van der Waals surface area contributed by atoms with E-state index in [1.807, 2.05) is 31.2 Å². The lowest BCUT2D eigenvalue weighted by Gasteiger charge is -2.21. The summed E-state index contributed by atoms with van der Waals surface area (Å²) in [5.41, 5.74) is 6.48. The first-order chi connectivity index (χ1) is 12.1. The van der Waals surface area contributed by atoms with Crippen LogP contribution in [0.3, 0.4) is 0 Å². The number of hydrogen-bond donors (Lipinski definition) is 2. The van der Waals surface area contributed by atoms with E-state index in [-0.39, 0.29) is 30.2 Å². The zero-order valence-electron chi connectivity index (χ0n) is 15.2. The lowest BCUT2D eigenvalue weighted by molar-refractivity contribution is -0.126. The monoisotopic (exact) mass is 347 g/mol. The molecule has 1 aliphatic heterocycles. The molecule has 0 radical (unpaired) electrons. The molecule has 1 aliphatic rings. The highest BCUT2D eigenvalue weighted by Crippen LogP contribution is 2.33. The smallest absolute Gasteiger partial charge is 0.227 e. The van der Waals surface area contributed by atoms with Crippen molar-refractivity contribution in [2.45, 2.75) is 45.6 Å². The maximum absolute atomic E-state index is 12.5. The Labute approximate surface area is 149 Å². The number of amides is 2. The fourth-order valence-corrected chi connectivity index (χ4v) is 3.09. The summed E-state index contributed by atoms with van der Waals surface area (Å²) in [5.74, 6) is 0.182. The third kappa shape index (κ3) is 4.95. The lowest BCUT2D eigenvalue weighted by Crippen LogP contribution is -2.43. The first-order valence-corrected chi connectivity index (χ1v) is 9.13. The van der Waals surface area contributed by atoms with Crippen molar-refractivity contribution in [2.24, 2.45) is 11.7 Å². The first kappa shape index (κ1) is 19.2. The molecule has 0 bridgehead atoms. The zero-order chi connectivity index (χ0) is 18.2. The number of rotatable bonds is 9. The van der Waals surface area contributed by atoms with Crippen LogP contribution in [-0.4, -0.2) is 37.6 Å². The van der Waals surface area contributed by atoms with Crippen molar-refractivity contribution in [3.63, 3.8) is 0 Å². The molecule has 6 nitrogen and oxygen atoms in total. The van der Waals surface area contributed by atoms with Gasteiger partial charge in [-0.3, -0.25) is 9.59 Å². The molecule has 1 fully saturated rings. The number of nitrogens with zero attached hydrogens (tertiary/aromatic N) is 1. The van der Waals surface area contributed by atoms with Crippen LogP contribution in [0.5, 0.6) is 5.75 Å². The fourth-order valence-electron chi connectivity index (χ4n) is 3.09. The van der Waals surface area contributed by atoms with Crippen molar-refractivity contribution in [1.82, 2.24) is 5.32 Å². The van der Waals surface area contributed by atoms with Gasteiger partial charge in [0.05, 0.1) is 18.2 Å². The van der Waals surface area contributed by atoms with E-state index in [1.165, 1.54) is 0 Å². The maximum atomic E-state index is 12.5. The number of para-hydroxylation sites is 2. The maximum Gasteiger partial charge on any atom is 0.227 e. The number of benzene rings is 1. The van der Waals surface area contributed by atoms with E-state index < -0.39 is 0 Å². The van der Waals surface area contributed by atoms with Gasteiger partial charge < -0.3 is 20.7 Å². The van der Waals surface area contributed by atoms with Crippen molar-refractivity contribution in [3.05, 3.63) is 24.3 Å². The summed E-state index contributed by atoms with van der Waals surface area (Å²) >= 11 is 0. The zero-order valence-corrected chi connectivity index (χ0v) is 15.2. The predicted octanol–water partition coefficient (Wildman–Crippen LogP) is 2.07. The van der Waals surface area contributed by atoms with Crippen molar-refractivity contribution < 1.29 is 14.3 Å². The molecule has 2 atom stereocenters. The summed E-state index contributed by atoms with van der Waals surface area (Å²) in [7, 11) is 0. The number of hydrogen-bond acceptors (Lipinski definition) is 4. The second-order valence-electron chi connectivity index (χ2n) is 6.39. The highest BCUT2D eigenvalue weighted by molar-refractivity contribution is 6.01. The highest BCUT2D eigenvalue weighted by Gasteiger charge is 2.36. The lowest BCUT2D eigenvalue weighted by atomic mass is 10.1. The van der Waals surface area contributed by atoms with E-state index in [1.54, 1.807) is 4.90 Å². The van der Waals surface area contributed by atoms with Crippen LogP contribution in [0.2, 0.25) is 0 Å². The van der Waals surface area contributed by atoms with E-state index in [9.17, 15) is 9.59 Å². The van der Waals surface area contributed by atoms with Crippen LogP contribution in [0, 0.1) is 5.92 Å². The average Bonchev–Trinajstić information content (AvgIpc) is 3.01. The predicted molar refractivity (Wildman–Crippen MR) is 98.6 cm³/mol. The Morgan fingerprint density at radius 2 is 2.16 bits per heavy atom. The molecule has 1 saturated heterocycles. The van der Waals surface area contributed by atoms with Gasteiger partial charge in [0.25, 0.3) is 0 Å². The Morgan fingerprint density at radius 1 is 1.40 bits per heavy atom. The average molecular weight is 347 g/mol. The number of carbonyl (C=O) groups excluding carboxylic acids is 2. The van der Waals surface area contributed by atoms with Crippen LogP contribution in [0.4, 0.5) is 5.69 Å². The minimum Gasteiger partial charge on any atom is -0.492 e. The van der Waals surface area contributed by atoms with Crippen LogP contribution in [0.25, 0.3) is 0 Å². The van der Waals surface area contributed by atoms with Crippen LogP contribution >= 0.6 is 0 Å². The molecule has 0 saturated carbocycles. The van der Waals surface area contributed by atoms with Crippen molar-refractivity contribution >= 4 is 17.5 Å². The largest absolute Gasteiger partial charge is 0.492 e. The first-order valence-electron chi connectivity index (χ1n) is 9.13. The second kappa shape index (κ2) is 9.42. The number of nitrogens with one attached hydrogen (secondary N) is 1. The summed E-state index contributed by atoms with van der Waals surface area (Å²) in [4.78, 5) is 26.6. The van der Waals surface area contributed by atoms with Crippen LogP contribution in [-0.2, 0) is 9.59 Å². The van der Waals surface area contributed by atoms with E-state index in [0.717, 1.165) is 24.9 Å². The van der Waals surface area contributed by atoms with E-state index in [0.29, 0.717) is 25.4 Å². The second-order valence-corrected chi connectivity index (χ2v) is 6.39. The highest BCUT2D eigenvalue weighted by atomic mass is 16.5. The van der Waals surface area contributed by atoms with E-state index >= 15 is 0 Å². The standard InChI is InChI=1S/C19H29N3O3/c1-3-5-8-15(12-20)21-19(24)14-11-18(23)22(13-14)16-9-6-7-10-17(16)25-4-2/h6-7,9-10,14-15H,3-5,8,11-13,20H2,1-2H3,(H,21,24). The van der Waals surface area contributed by atoms with Gasteiger partial charge in [-0.05, 0) is 25.5 Å². The summed E-state index contributed by atoms with van der Waals surface area (Å²) in [6.07, 6.45) is 3.18. The van der Waals surface area contributed by atoms with Gasteiger partial charge in [0.2, 0.25) is 11.8 Å². The topological polar surface area (TPSA) is 84.7 Å². The molecule has 0 aliphatic carbocycles. The molecule has 0 spiro atoms. The third-order valence-corrected chi connectivity index (χ3v) is 4.49. The summed E-state index contributed by atoms with van der Waals surface area (Å²) in [6.45, 7) is 5.34. The molecule has 1 aromatic rings. The molecule has 0 aromatic heterocycles. The third-order valence-electron chi connectivity index (χ3n) is 4.49. The summed E-state index contributed by atoms with van der Waals surface area (Å²) in [6, 6.07) is 7.42. The van der Waals surface area contributed by atoms with E-state index in [2.05, 4.69) is 12.2 Å². The Balaban J connectivity index is 2.03. The number of nitrogens with two attached hydrogens (primary N) is 1. The Bertz CT molecular complexity index is 591. The van der Waals surface area contributed by atoms with E-state index in [4.69, 9.17) is 10.5 Å². The molecular formula is C19H29N3O3. The number of carbonyl (C=O) groups is 2. The molecule has 1 heterocycles. The number of ether oxygens (including phenoxy) is 1. The molecule has 138 valence electrons.